The number of carbonyl (C=O) groups excluding carboxylic acids is 1. The number of rotatable bonds is 6. The van der Waals surface area contributed by atoms with Crippen LogP contribution in [0.5, 0.6) is 0 Å². The highest BCUT2D eigenvalue weighted by molar-refractivity contribution is 5.92. The van der Waals surface area contributed by atoms with Crippen LogP contribution in [0.2, 0.25) is 0 Å². The molecule has 2 aromatic carbocycles. The number of para-hydroxylation sites is 2. The van der Waals surface area contributed by atoms with E-state index in [9.17, 15) is 9.18 Å². The van der Waals surface area contributed by atoms with Crippen molar-refractivity contribution in [3.8, 4) is 0 Å². The van der Waals surface area contributed by atoms with Gasteiger partial charge in [-0.1, -0.05) is 36.4 Å². The predicted molar refractivity (Wildman–Crippen MR) is 106 cm³/mol. The number of imidazole rings is 1. The summed E-state index contributed by atoms with van der Waals surface area (Å²) in [7, 11) is 0. The summed E-state index contributed by atoms with van der Waals surface area (Å²) in [6.07, 6.45) is 2.12. The van der Waals surface area contributed by atoms with E-state index in [1.165, 1.54) is 6.07 Å². The molecule has 6 heteroatoms. The molecule has 0 radical (unpaired) electrons. The number of nitrogens with zero attached hydrogens (tertiary/aromatic N) is 3. The van der Waals surface area contributed by atoms with E-state index >= 15 is 0 Å². The molecule has 0 aliphatic carbocycles. The van der Waals surface area contributed by atoms with Gasteiger partial charge in [-0.25, -0.2) is 9.37 Å². The second-order valence-corrected chi connectivity index (χ2v) is 6.42. The third kappa shape index (κ3) is 3.76. The molecule has 4 aromatic rings. The van der Waals surface area contributed by atoms with Crippen molar-refractivity contribution in [2.24, 2.45) is 0 Å². The summed E-state index contributed by atoms with van der Waals surface area (Å²) in [4.78, 5) is 20.9. The van der Waals surface area contributed by atoms with Gasteiger partial charge in [0.05, 0.1) is 17.6 Å². The van der Waals surface area contributed by atoms with Crippen LogP contribution in [-0.2, 0) is 13.0 Å². The number of benzene rings is 2. The molecule has 0 fully saturated rings. The average molecular weight is 374 g/mol. The Balaban J connectivity index is 1.55. The van der Waals surface area contributed by atoms with Crippen LogP contribution in [-0.4, -0.2) is 27.0 Å². The SMILES string of the molecule is O=C(NCCc1nc2ccccc2n1Cc1ccccc1F)c1ccccn1. The second-order valence-electron chi connectivity index (χ2n) is 6.42. The molecule has 0 saturated carbocycles. The maximum absolute atomic E-state index is 14.2. The Morgan fingerprint density at radius 2 is 1.79 bits per heavy atom. The van der Waals surface area contributed by atoms with Gasteiger partial charge in [0, 0.05) is 24.7 Å². The maximum atomic E-state index is 14.2. The lowest BCUT2D eigenvalue weighted by Crippen LogP contribution is -2.27. The Morgan fingerprint density at radius 3 is 2.61 bits per heavy atom. The normalized spacial score (nSPS) is 10.9. The molecule has 2 heterocycles. The molecule has 1 amide bonds. The molecule has 28 heavy (non-hydrogen) atoms. The van der Waals surface area contributed by atoms with E-state index in [1.54, 1.807) is 36.5 Å². The molecule has 1 N–H and O–H groups in total. The second kappa shape index (κ2) is 8.00. The number of halogens is 1. The number of nitrogens with one attached hydrogen (secondary N) is 1. The Morgan fingerprint density at radius 1 is 1.00 bits per heavy atom. The highest BCUT2D eigenvalue weighted by Gasteiger charge is 2.13. The van der Waals surface area contributed by atoms with Crippen molar-refractivity contribution < 1.29 is 9.18 Å². The van der Waals surface area contributed by atoms with Gasteiger partial charge in [-0.2, -0.15) is 0 Å². The molecule has 5 nitrogen and oxygen atoms in total. The van der Waals surface area contributed by atoms with Gasteiger partial charge in [-0.3, -0.25) is 9.78 Å². The maximum Gasteiger partial charge on any atom is 0.269 e. The van der Waals surface area contributed by atoms with Gasteiger partial charge in [0.15, 0.2) is 0 Å². The largest absolute Gasteiger partial charge is 0.350 e. The van der Waals surface area contributed by atoms with Gasteiger partial charge >= 0.3 is 0 Å². The number of carbonyl (C=O) groups is 1. The number of hydrogen-bond acceptors (Lipinski definition) is 3. The first kappa shape index (κ1) is 17.9. The van der Waals surface area contributed by atoms with E-state index < -0.39 is 0 Å². The minimum Gasteiger partial charge on any atom is -0.350 e. The number of aromatic nitrogens is 3. The topological polar surface area (TPSA) is 59.8 Å². The van der Waals surface area contributed by atoms with Crippen LogP contribution in [0, 0.1) is 5.82 Å². The monoisotopic (exact) mass is 374 g/mol. The van der Waals surface area contributed by atoms with E-state index in [0.29, 0.717) is 30.8 Å². The number of amides is 1. The number of hydrogen-bond donors (Lipinski definition) is 1. The summed E-state index contributed by atoms with van der Waals surface area (Å²) in [5.41, 5.74) is 2.77. The third-order valence-electron chi connectivity index (χ3n) is 4.55. The van der Waals surface area contributed by atoms with E-state index in [1.807, 2.05) is 34.9 Å². The smallest absolute Gasteiger partial charge is 0.269 e. The van der Waals surface area contributed by atoms with Crippen molar-refractivity contribution in [1.82, 2.24) is 19.9 Å². The summed E-state index contributed by atoms with van der Waals surface area (Å²) in [6.45, 7) is 0.798. The first-order valence-electron chi connectivity index (χ1n) is 9.09. The van der Waals surface area contributed by atoms with Crippen LogP contribution in [0.1, 0.15) is 21.9 Å². The van der Waals surface area contributed by atoms with Crippen LogP contribution in [0.4, 0.5) is 4.39 Å². The summed E-state index contributed by atoms with van der Waals surface area (Å²) in [5, 5.41) is 2.87. The summed E-state index contributed by atoms with van der Waals surface area (Å²) in [6, 6.07) is 19.7. The molecule has 2 aromatic heterocycles. The molecule has 0 aliphatic heterocycles. The summed E-state index contributed by atoms with van der Waals surface area (Å²) >= 11 is 0. The zero-order chi connectivity index (χ0) is 19.3. The van der Waals surface area contributed by atoms with Crippen molar-refractivity contribution in [2.45, 2.75) is 13.0 Å². The van der Waals surface area contributed by atoms with Crippen LogP contribution in [0.15, 0.2) is 72.9 Å². The van der Waals surface area contributed by atoms with E-state index in [4.69, 9.17) is 0 Å². The average Bonchev–Trinajstić information content (AvgIpc) is 3.08. The lowest BCUT2D eigenvalue weighted by Gasteiger charge is -2.11. The zero-order valence-corrected chi connectivity index (χ0v) is 15.2. The lowest BCUT2D eigenvalue weighted by atomic mass is 10.2. The highest BCUT2D eigenvalue weighted by Crippen LogP contribution is 2.19. The minimum absolute atomic E-state index is 0.225. The highest BCUT2D eigenvalue weighted by atomic mass is 19.1. The van der Waals surface area contributed by atoms with Gasteiger partial charge in [-0.05, 0) is 30.3 Å². The van der Waals surface area contributed by atoms with Crippen LogP contribution in [0.25, 0.3) is 11.0 Å². The Bertz CT molecular complexity index is 1110. The van der Waals surface area contributed by atoms with Crippen molar-refractivity contribution in [2.75, 3.05) is 6.54 Å². The Kier molecular flexibility index (Phi) is 5.10. The molecule has 4 rings (SSSR count). The van der Waals surface area contributed by atoms with Crippen LogP contribution >= 0.6 is 0 Å². The minimum atomic E-state index is -0.241. The molecule has 0 saturated heterocycles. The van der Waals surface area contributed by atoms with Crippen molar-refractivity contribution >= 4 is 16.9 Å². The number of pyridine rings is 1. The van der Waals surface area contributed by atoms with E-state index in [-0.39, 0.29) is 11.7 Å². The Labute approximate surface area is 161 Å². The summed E-state index contributed by atoms with van der Waals surface area (Å²) < 4.78 is 16.2. The molecule has 140 valence electrons. The van der Waals surface area contributed by atoms with Crippen molar-refractivity contribution in [3.05, 3.63) is 95.8 Å². The van der Waals surface area contributed by atoms with Crippen molar-refractivity contribution in [3.63, 3.8) is 0 Å². The number of fused-ring (bicyclic) bond motifs is 1. The quantitative estimate of drug-likeness (QED) is 0.561. The molecule has 0 unspecified atom stereocenters. The fourth-order valence-electron chi connectivity index (χ4n) is 3.17. The molecule has 0 bridgehead atoms. The fraction of sp³-hybridized carbons (Fsp3) is 0.136. The summed E-state index contributed by atoms with van der Waals surface area (Å²) in [5.74, 6) is 0.331. The van der Waals surface area contributed by atoms with Crippen LogP contribution < -0.4 is 5.32 Å². The molecular formula is C22H19FN4O. The van der Waals surface area contributed by atoms with Gasteiger partial charge < -0.3 is 9.88 Å². The third-order valence-corrected chi connectivity index (χ3v) is 4.55. The van der Waals surface area contributed by atoms with Gasteiger partial charge in [0.25, 0.3) is 5.91 Å². The van der Waals surface area contributed by atoms with Gasteiger partial charge in [-0.15, -0.1) is 0 Å². The standard InChI is InChI=1S/C22H19FN4O/c23-17-8-2-1-7-16(17)15-27-20-11-4-3-9-18(20)26-21(27)12-14-25-22(28)19-10-5-6-13-24-19/h1-11,13H,12,14-15H2,(H,25,28). The van der Waals surface area contributed by atoms with Gasteiger partial charge in [0.2, 0.25) is 0 Å². The van der Waals surface area contributed by atoms with Crippen molar-refractivity contribution in [1.29, 1.82) is 0 Å². The van der Waals surface area contributed by atoms with Gasteiger partial charge in [0.1, 0.15) is 17.3 Å². The Hall–Kier alpha value is -3.54. The fourth-order valence-corrected chi connectivity index (χ4v) is 3.17. The van der Waals surface area contributed by atoms with Crippen LogP contribution in [0.3, 0.4) is 0 Å². The first-order chi connectivity index (χ1) is 13.7. The van der Waals surface area contributed by atoms with E-state index in [2.05, 4.69) is 15.3 Å². The molecule has 0 atom stereocenters. The zero-order valence-electron chi connectivity index (χ0n) is 15.2. The first-order valence-corrected chi connectivity index (χ1v) is 9.09. The molecule has 0 spiro atoms. The molecule has 0 aliphatic rings. The molecular weight excluding hydrogens is 355 g/mol. The predicted octanol–water partition coefficient (Wildman–Crippen LogP) is 3.59. The lowest BCUT2D eigenvalue weighted by molar-refractivity contribution is 0.0949. The van der Waals surface area contributed by atoms with E-state index in [0.717, 1.165) is 16.9 Å².